The van der Waals surface area contributed by atoms with E-state index in [1.165, 1.54) is 11.4 Å². The minimum absolute atomic E-state index is 0.226. The van der Waals surface area contributed by atoms with Crippen molar-refractivity contribution in [1.82, 2.24) is 4.31 Å². The van der Waals surface area contributed by atoms with Crippen LogP contribution in [0.3, 0.4) is 0 Å². The van der Waals surface area contributed by atoms with Crippen molar-refractivity contribution >= 4 is 10.0 Å². The van der Waals surface area contributed by atoms with Crippen LogP contribution in [0.1, 0.15) is 29.7 Å². The fourth-order valence-electron chi connectivity index (χ4n) is 3.11. The van der Waals surface area contributed by atoms with Crippen LogP contribution in [0, 0.1) is 6.92 Å². The molecule has 6 heteroatoms. The Balaban J connectivity index is 1.90. The largest absolute Gasteiger partial charge is 0.495 e. The second-order valence-electron chi connectivity index (χ2n) is 6.47. The van der Waals surface area contributed by atoms with Crippen LogP contribution in [-0.4, -0.2) is 39.5 Å². The van der Waals surface area contributed by atoms with E-state index in [4.69, 9.17) is 9.47 Å². The molecule has 140 valence electrons. The van der Waals surface area contributed by atoms with E-state index >= 15 is 0 Å². The summed E-state index contributed by atoms with van der Waals surface area (Å²) in [7, 11) is -2.16. The summed E-state index contributed by atoms with van der Waals surface area (Å²) < 4.78 is 39.2. The molecule has 1 aliphatic heterocycles. The first-order valence-electron chi connectivity index (χ1n) is 8.81. The zero-order valence-electron chi connectivity index (χ0n) is 15.4. The number of nitrogens with zero attached hydrogens (tertiary/aromatic N) is 1. The summed E-state index contributed by atoms with van der Waals surface area (Å²) in [6.45, 7) is 5.03. The third-order valence-corrected chi connectivity index (χ3v) is 6.62. The Labute approximate surface area is 155 Å². The summed E-state index contributed by atoms with van der Waals surface area (Å²) in [5.74, 6) is 0.376. The van der Waals surface area contributed by atoms with Crippen LogP contribution in [0.4, 0.5) is 0 Å². The molecular formula is C20H25NO4S. The molecule has 26 heavy (non-hydrogen) atoms. The highest BCUT2D eigenvalue weighted by Crippen LogP contribution is 2.31. The molecule has 0 bridgehead atoms. The first-order chi connectivity index (χ1) is 12.5. The fraction of sp³-hybridized carbons (Fsp3) is 0.400. The predicted octanol–water partition coefficient (Wildman–Crippen LogP) is 3.33. The minimum atomic E-state index is -3.66. The van der Waals surface area contributed by atoms with E-state index in [-0.39, 0.29) is 11.0 Å². The number of morpholine rings is 1. The molecule has 0 amide bonds. The van der Waals surface area contributed by atoms with Gasteiger partial charge in [-0.15, -0.1) is 0 Å². The number of sulfonamides is 1. The molecule has 0 aliphatic carbocycles. The molecule has 0 saturated carbocycles. The van der Waals surface area contributed by atoms with Gasteiger partial charge in [-0.3, -0.25) is 0 Å². The number of hydrogen-bond acceptors (Lipinski definition) is 4. The lowest BCUT2D eigenvalue weighted by Crippen LogP contribution is -2.42. The summed E-state index contributed by atoms with van der Waals surface area (Å²) in [5, 5.41) is 0. The molecule has 0 spiro atoms. The zero-order chi connectivity index (χ0) is 18.7. The smallest absolute Gasteiger partial charge is 0.246 e. The van der Waals surface area contributed by atoms with E-state index in [2.05, 4.69) is 0 Å². The van der Waals surface area contributed by atoms with Crippen LogP contribution in [0.15, 0.2) is 47.4 Å². The number of hydrogen-bond donors (Lipinski definition) is 0. The van der Waals surface area contributed by atoms with Crippen molar-refractivity contribution in [2.45, 2.75) is 31.3 Å². The lowest BCUT2D eigenvalue weighted by atomic mass is 10.1. The molecule has 1 saturated heterocycles. The fourth-order valence-corrected chi connectivity index (χ4v) is 4.74. The van der Waals surface area contributed by atoms with Crippen LogP contribution in [-0.2, 0) is 21.2 Å². The van der Waals surface area contributed by atoms with Gasteiger partial charge in [0, 0.05) is 13.1 Å². The molecule has 0 aromatic heterocycles. The summed E-state index contributed by atoms with van der Waals surface area (Å²) in [4.78, 5) is 0.226. The number of ether oxygens (including phenoxy) is 2. The lowest BCUT2D eigenvalue weighted by Gasteiger charge is -2.32. The summed E-state index contributed by atoms with van der Waals surface area (Å²) >= 11 is 0. The van der Waals surface area contributed by atoms with Crippen LogP contribution < -0.4 is 4.74 Å². The van der Waals surface area contributed by atoms with Crippen molar-refractivity contribution in [1.29, 1.82) is 0 Å². The maximum Gasteiger partial charge on any atom is 0.246 e. The molecule has 3 rings (SSSR count). The van der Waals surface area contributed by atoms with Gasteiger partial charge in [-0.05, 0) is 36.6 Å². The number of aryl methyl sites for hydroxylation is 2. The number of rotatable bonds is 5. The quantitative estimate of drug-likeness (QED) is 0.804. The highest BCUT2D eigenvalue weighted by Gasteiger charge is 2.33. The van der Waals surface area contributed by atoms with Crippen LogP contribution in [0.5, 0.6) is 5.75 Å². The van der Waals surface area contributed by atoms with Crippen molar-refractivity contribution < 1.29 is 17.9 Å². The van der Waals surface area contributed by atoms with E-state index in [1.807, 2.05) is 44.2 Å². The molecule has 1 atom stereocenters. The van der Waals surface area contributed by atoms with E-state index in [9.17, 15) is 8.42 Å². The van der Waals surface area contributed by atoms with Crippen molar-refractivity contribution in [3.63, 3.8) is 0 Å². The van der Waals surface area contributed by atoms with Crippen LogP contribution in [0.2, 0.25) is 0 Å². The Morgan fingerprint density at radius 2 is 1.92 bits per heavy atom. The second-order valence-corrected chi connectivity index (χ2v) is 8.38. The van der Waals surface area contributed by atoms with Gasteiger partial charge in [0.15, 0.2) is 0 Å². The van der Waals surface area contributed by atoms with E-state index in [1.54, 1.807) is 12.1 Å². The predicted molar refractivity (Wildman–Crippen MR) is 101 cm³/mol. The Morgan fingerprint density at radius 1 is 1.19 bits per heavy atom. The normalized spacial score (nSPS) is 18.7. The summed E-state index contributed by atoms with van der Waals surface area (Å²) in [6.07, 6.45) is 0.501. The van der Waals surface area contributed by atoms with Crippen molar-refractivity contribution in [2.24, 2.45) is 0 Å². The molecule has 5 nitrogen and oxygen atoms in total. The van der Waals surface area contributed by atoms with Gasteiger partial charge >= 0.3 is 0 Å². The lowest BCUT2D eigenvalue weighted by molar-refractivity contribution is -0.00259. The maximum atomic E-state index is 13.3. The van der Waals surface area contributed by atoms with Crippen LogP contribution in [0.25, 0.3) is 0 Å². The van der Waals surface area contributed by atoms with Crippen molar-refractivity contribution in [3.05, 3.63) is 59.2 Å². The molecule has 1 heterocycles. The Bertz CT molecular complexity index is 862. The van der Waals surface area contributed by atoms with Gasteiger partial charge in [0.2, 0.25) is 10.0 Å². The Kier molecular flexibility index (Phi) is 5.65. The Hall–Kier alpha value is -1.89. The second kappa shape index (κ2) is 7.78. The summed E-state index contributed by atoms with van der Waals surface area (Å²) in [5.41, 5.74) is 3.12. The monoisotopic (exact) mass is 375 g/mol. The molecule has 0 radical (unpaired) electrons. The zero-order valence-corrected chi connectivity index (χ0v) is 16.3. The Morgan fingerprint density at radius 3 is 2.58 bits per heavy atom. The van der Waals surface area contributed by atoms with Gasteiger partial charge in [0.1, 0.15) is 10.6 Å². The van der Waals surface area contributed by atoms with Crippen LogP contribution >= 0.6 is 0 Å². The highest BCUT2D eigenvalue weighted by molar-refractivity contribution is 7.89. The van der Waals surface area contributed by atoms with Gasteiger partial charge in [-0.1, -0.05) is 42.8 Å². The highest BCUT2D eigenvalue weighted by atomic mass is 32.2. The average Bonchev–Trinajstić information content (AvgIpc) is 2.68. The standard InChI is InChI=1S/C20H25NO4S/c1-4-16-7-10-18(24-3)20(13-16)26(22,23)21-11-12-25-19(14-21)17-8-5-15(2)6-9-17/h5-10,13,19H,4,11-12,14H2,1-3H3. The molecular weight excluding hydrogens is 350 g/mol. The van der Waals surface area contributed by atoms with E-state index < -0.39 is 10.0 Å². The maximum absolute atomic E-state index is 13.3. The van der Waals surface area contributed by atoms with Gasteiger partial charge in [0.05, 0.1) is 19.8 Å². The van der Waals surface area contributed by atoms with Gasteiger partial charge in [0.25, 0.3) is 0 Å². The third kappa shape index (κ3) is 3.77. The van der Waals surface area contributed by atoms with Gasteiger partial charge in [-0.2, -0.15) is 4.31 Å². The molecule has 1 unspecified atom stereocenters. The summed E-state index contributed by atoms with van der Waals surface area (Å²) in [6, 6.07) is 13.4. The van der Waals surface area contributed by atoms with Gasteiger partial charge < -0.3 is 9.47 Å². The van der Waals surface area contributed by atoms with E-state index in [0.717, 1.165) is 23.1 Å². The van der Waals surface area contributed by atoms with Crippen molar-refractivity contribution in [3.8, 4) is 5.75 Å². The SMILES string of the molecule is CCc1ccc(OC)c(S(=O)(=O)N2CCOC(c3ccc(C)cc3)C2)c1. The minimum Gasteiger partial charge on any atom is -0.495 e. The first-order valence-corrected chi connectivity index (χ1v) is 10.2. The average molecular weight is 375 g/mol. The molecule has 1 aliphatic rings. The molecule has 1 fully saturated rings. The number of benzene rings is 2. The molecule has 2 aromatic rings. The molecule has 2 aromatic carbocycles. The van der Waals surface area contributed by atoms with Crippen molar-refractivity contribution in [2.75, 3.05) is 26.8 Å². The topological polar surface area (TPSA) is 55.8 Å². The first kappa shape index (κ1) is 18.9. The van der Waals surface area contributed by atoms with E-state index in [0.29, 0.717) is 25.4 Å². The van der Waals surface area contributed by atoms with Gasteiger partial charge in [-0.25, -0.2) is 8.42 Å². The third-order valence-electron chi connectivity index (χ3n) is 4.73. The molecule has 0 N–H and O–H groups in total. The number of methoxy groups -OCH3 is 1.